The third-order valence-corrected chi connectivity index (χ3v) is 3.51. The second-order valence-corrected chi connectivity index (χ2v) is 5.90. The van der Waals surface area contributed by atoms with Crippen LogP contribution in [0.4, 0.5) is 0 Å². The number of nitrogens with zero attached hydrogens (tertiary/aromatic N) is 1. The van der Waals surface area contributed by atoms with Gasteiger partial charge in [0.05, 0.1) is 11.6 Å². The second-order valence-electron chi connectivity index (χ2n) is 5.04. The lowest BCUT2D eigenvalue weighted by Gasteiger charge is -2.14. The Hall–Kier alpha value is -0.460. The van der Waals surface area contributed by atoms with Crippen LogP contribution < -0.4 is 14.8 Å². The summed E-state index contributed by atoms with van der Waals surface area (Å²) in [5.41, 5.74) is 1.16. The molecule has 1 aromatic rings. The van der Waals surface area contributed by atoms with E-state index in [1.54, 1.807) is 13.2 Å². The van der Waals surface area contributed by atoms with Crippen molar-refractivity contribution in [1.82, 2.24) is 10.2 Å². The summed E-state index contributed by atoms with van der Waals surface area (Å²) in [5, 5.41) is 3.44. The molecule has 0 aliphatic carbocycles. The average molecular weight is 430 g/mol. The molecular formula is C16H27BrCl2N2O2. The standard InChI is InChI=1S/C16H25BrN2O2.2ClH/c1-5-9-21-16-14(17)10-13(11-15(16)20-4)12-18-7-6-8-19(2)3;;/h5,10-11,18H,1,6-9,12H2,2-4H3;2*1H. The molecule has 23 heavy (non-hydrogen) atoms. The van der Waals surface area contributed by atoms with Crippen molar-refractivity contribution in [2.45, 2.75) is 13.0 Å². The van der Waals surface area contributed by atoms with Crippen molar-refractivity contribution in [3.63, 3.8) is 0 Å². The summed E-state index contributed by atoms with van der Waals surface area (Å²) < 4.78 is 11.9. The van der Waals surface area contributed by atoms with Crippen LogP contribution >= 0.6 is 40.7 Å². The Morgan fingerprint density at radius 2 is 2.00 bits per heavy atom. The highest BCUT2D eigenvalue weighted by Gasteiger charge is 2.11. The Labute approximate surface area is 160 Å². The average Bonchev–Trinajstić information content (AvgIpc) is 2.45. The zero-order valence-electron chi connectivity index (χ0n) is 13.9. The van der Waals surface area contributed by atoms with Crippen molar-refractivity contribution >= 4 is 40.7 Å². The molecule has 0 bridgehead atoms. The number of hydrogen-bond acceptors (Lipinski definition) is 4. The van der Waals surface area contributed by atoms with Crippen LogP contribution in [0.2, 0.25) is 0 Å². The van der Waals surface area contributed by atoms with E-state index < -0.39 is 0 Å². The van der Waals surface area contributed by atoms with Gasteiger partial charge in [-0.1, -0.05) is 12.7 Å². The zero-order chi connectivity index (χ0) is 15.7. The van der Waals surface area contributed by atoms with Crippen molar-refractivity contribution in [2.75, 3.05) is 40.9 Å². The number of ether oxygens (including phenoxy) is 2. The Balaban J connectivity index is 0. The van der Waals surface area contributed by atoms with Crippen LogP contribution in [0.1, 0.15) is 12.0 Å². The Morgan fingerprint density at radius 3 is 2.57 bits per heavy atom. The number of nitrogens with one attached hydrogen (secondary N) is 1. The molecule has 0 unspecified atom stereocenters. The van der Waals surface area contributed by atoms with Crippen molar-refractivity contribution in [3.05, 3.63) is 34.8 Å². The van der Waals surface area contributed by atoms with Gasteiger partial charge < -0.3 is 19.7 Å². The van der Waals surface area contributed by atoms with Crippen LogP contribution in [0, 0.1) is 0 Å². The van der Waals surface area contributed by atoms with E-state index in [1.807, 2.05) is 6.07 Å². The topological polar surface area (TPSA) is 33.7 Å². The first-order chi connectivity index (χ1) is 10.1. The van der Waals surface area contributed by atoms with Gasteiger partial charge in [-0.25, -0.2) is 0 Å². The largest absolute Gasteiger partial charge is 0.493 e. The third-order valence-electron chi connectivity index (χ3n) is 2.92. The molecule has 1 N–H and O–H groups in total. The summed E-state index contributed by atoms with van der Waals surface area (Å²) in [4.78, 5) is 2.19. The van der Waals surface area contributed by atoms with Crippen molar-refractivity contribution in [3.8, 4) is 11.5 Å². The molecule has 0 fully saturated rings. The van der Waals surface area contributed by atoms with Crippen molar-refractivity contribution < 1.29 is 9.47 Å². The van der Waals surface area contributed by atoms with Gasteiger partial charge in [-0.3, -0.25) is 0 Å². The van der Waals surface area contributed by atoms with E-state index in [9.17, 15) is 0 Å². The summed E-state index contributed by atoms with van der Waals surface area (Å²) in [7, 11) is 5.82. The molecule has 0 atom stereocenters. The van der Waals surface area contributed by atoms with Gasteiger partial charge in [0.1, 0.15) is 6.61 Å². The maximum atomic E-state index is 5.62. The lowest BCUT2D eigenvalue weighted by molar-refractivity contribution is 0.324. The molecule has 134 valence electrons. The van der Waals surface area contributed by atoms with Crippen molar-refractivity contribution in [2.24, 2.45) is 0 Å². The lowest BCUT2D eigenvalue weighted by Crippen LogP contribution is -2.21. The van der Waals surface area contributed by atoms with Crippen LogP contribution in [-0.4, -0.2) is 45.8 Å². The Kier molecular flexibility index (Phi) is 15.0. The van der Waals surface area contributed by atoms with E-state index >= 15 is 0 Å². The molecule has 1 rings (SSSR count). The molecule has 0 spiro atoms. The van der Waals surface area contributed by atoms with Gasteiger partial charge in [-0.2, -0.15) is 0 Å². The Bertz CT molecular complexity index is 460. The highest BCUT2D eigenvalue weighted by molar-refractivity contribution is 9.10. The van der Waals surface area contributed by atoms with E-state index in [-0.39, 0.29) is 24.8 Å². The summed E-state index contributed by atoms with van der Waals surface area (Å²) in [6.45, 7) is 7.00. The van der Waals surface area contributed by atoms with E-state index in [0.29, 0.717) is 12.4 Å². The Morgan fingerprint density at radius 1 is 1.30 bits per heavy atom. The summed E-state index contributed by atoms with van der Waals surface area (Å²) in [5.74, 6) is 1.45. The highest BCUT2D eigenvalue weighted by atomic mass is 79.9. The molecule has 0 saturated carbocycles. The molecule has 0 heterocycles. The van der Waals surface area contributed by atoms with Gasteiger partial charge in [-0.05, 0) is 67.2 Å². The third kappa shape index (κ3) is 9.42. The van der Waals surface area contributed by atoms with E-state index in [4.69, 9.17) is 9.47 Å². The van der Waals surface area contributed by atoms with Crippen molar-refractivity contribution in [1.29, 1.82) is 0 Å². The maximum absolute atomic E-state index is 5.62. The molecule has 0 saturated heterocycles. The van der Waals surface area contributed by atoms with Gasteiger partial charge in [0, 0.05) is 6.54 Å². The number of benzene rings is 1. The first kappa shape index (κ1) is 24.8. The quantitative estimate of drug-likeness (QED) is 0.451. The van der Waals surface area contributed by atoms with Gasteiger partial charge >= 0.3 is 0 Å². The molecule has 7 heteroatoms. The SMILES string of the molecule is C=CCOc1c(Br)cc(CNCCCN(C)C)cc1OC.Cl.Cl. The van der Waals surface area contributed by atoms with E-state index in [2.05, 4.69) is 52.9 Å². The fourth-order valence-corrected chi connectivity index (χ4v) is 2.51. The molecule has 0 aliphatic heterocycles. The minimum absolute atomic E-state index is 0. The number of halogens is 3. The summed E-state index contributed by atoms with van der Waals surface area (Å²) >= 11 is 3.54. The predicted octanol–water partition coefficient (Wildman–Crippen LogP) is 3.91. The zero-order valence-corrected chi connectivity index (χ0v) is 17.2. The lowest BCUT2D eigenvalue weighted by atomic mass is 10.2. The summed E-state index contributed by atoms with van der Waals surface area (Å²) in [6.07, 6.45) is 2.85. The number of hydrogen-bond donors (Lipinski definition) is 1. The molecule has 4 nitrogen and oxygen atoms in total. The predicted molar refractivity (Wildman–Crippen MR) is 106 cm³/mol. The highest BCUT2D eigenvalue weighted by Crippen LogP contribution is 2.36. The van der Waals surface area contributed by atoms with Crippen LogP contribution in [0.25, 0.3) is 0 Å². The van der Waals surface area contributed by atoms with Gasteiger partial charge in [0.15, 0.2) is 11.5 Å². The maximum Gasteiger partial charge on any atom is 0.175 e. The normalized spacial score (nSPS) is 9.78. The minimum Gasteiger partial charge on any atom is -0.493 e. The number of rotatable bonds is 10. The first-order valence-corrected chi connectivity index (χ1v) is 7.83. The van der Waals surface area contributed by atoms with Crippen LogP contribution in [-0.2, 0) is 6.54 Å². The monoisotopic (exact) mass is 428 g/mol. The minimum atomic E-state index is 0. The van der Waals surface area contributed by atoms with E-state index in [0.717, 1.165) is 41.8 Å². The molecule has 0 aliphatic rings. The van der Waals surface area contributed by atoms with Gasteiger partial charge in [0.25, 0.3) is 0 Å². The first-order valence-electron chi connectivity index (χ1n) is 7.04. The van der Waals surface area contributed by atoms with Gasteiger partial charge in [0.2, 0.25) is 0 Å². The molecule has 1 aromatic carbocycles. The molecule has 0 aromatic heterocycles. The smallest absolute Gasteiger partial charge is 0.175 e. The molecule has 0 amide bonds. The summed E-state index contributed by atoms with van der Waals surface area (Å²) in [6, 6.07) is 4.06. The number of methoxy groups -OCH3 is 1. The fraction of sp³-hybridized carbons (Fsp3) is 0.500. The molecular weight excluding hydrogens is 403 g/mol. The van der Waals surface area contributed by atoms with E-state index in [1.165, 1.54) is 0 Å². The van der Waals surface area contributed by atoms with Crippen LogP contribution in [0.15, 0.2) is 29.3 Å². The van der Waals surface area contributed by atoms with Crippen LogP contribution in [0.3, 0.4) is 0 Å². The van der Waals surface area contributed by atoms with Crippen LogP contribution in [0.5, 0.6) is 11.5 Å². The molecule has 0 radical (unpaired) electrons. The van der Waals surface area contributed by atoms with Gasteiger partial charge in [-0.15, -0.1) is 24.8 Å². The fourth-order valence-electron chi connectivity index (χ4n) is 1.91. The second kappa shape index (κ2) is 13.9.